The molecule has 1 rings (SSSR count). The molecule has 0 atom stereocenters. The minimum Gasteiger partial charge on any atom is -0.398 e. The molecule has 0 radical (unpaired) electrons. The summed E-state index contributed by atoms with van der Waals surface area (Å²) in [7, 11) is 0. The number of carbonyl (C=O) groups is 1. The molecule has 2 nitrogen and oxygen atoms in total. The highest BCUT2D eigenvalue weighted by atomic mass is 79.9. The fourth-order valence-corrected chi connectivity index (χ4v) is 2.08. The number of hydrogen-bond donors (Lipinski definition) is 1. The van der Waals surface area contributed by atoms with Crippen LogP contribution < -0.4 is 5.73 Å². The topological polar surface area (TPSA) is 43.1 Å². The van der Waals surface area contributed by atoms with E-state index < -0.39 is 0 Å². The van der Waals surface area contributed by atoms with Gasteiger partial charge in [-0.1, -0.05) is 15.9 Å². The lowest BCUT2D eigenvalue weighted by atomic mass is 10.2. The summed E-state index contributed by atoms with van der Waals surface area (Å²) in [6.07, 6.45) is 0.728. The van der Waals surface area contributed by atoms with Crippen LogP contribution in [0.25, 0.3) is 0 Å². The highest BCUT2D eigenvalue weighted by Crippen LogP contribution is 2.25. The lowest BCUT2D eigenvalue weighted by Gasteiger charge is -2.01. The van der Waals surface area contributed by atoms with Gasteiger partial charge in [-0.2, -0.15) is 0 Å². The van der Waals surface area contributed by atoms with E-state index >= 15 is 0 Å². The Kier molecular flexibility index (Phi) is 2.67. The molecule has 0 aliphatic heterocycles. The van der Waals surface area contributed by atoms with Crippen molar-refractivity contribution in [2.75, 3.05) is 5.73 Å². The highest BCUT2D eigenvalue weighted by molar-refractivity contribution is 9.11. The van der Waals surface area contributed by atoms with Gasteiger partial charge in [0.2, 0.25) is 0 Å². The van der Waals surface area contributed by atoms with E-state index in [1.165, 1.54) is 0 Å². The number of aldehydes is 1. The zero-order valence-electron chi connectivity index (χ0n) is 5.47. The van der Waals surface area contributed by atoms with Crippen molar-refractivity contribution in [3.05, 3.63) is 26.6 Å². The van der Waals surface area contributed by atoms with Crippen molar-refractivity contribution in [3.8, 4) is 0 Å². The second-order valence-corrected chi connectivity index (χ2v) is 3.78. The van der Waals surface area contributed by atoms with Gasteiger partial charge in [0.05, 0.1) is 5.56 Å². The molecule has 0 bridgehead atoms. The van der Waals surface area contributed by atoms with Crippen LogP contribution in [0.5, 0.6) is 0 Å². The van der Waals surface area contributed by atoms with Gasteiger partial charge < -0.3 is 5.73 Å². The summed E-state index contributed by atoms with van der Waals surface area (Å²) in [5.74, 6) is 0. The monoisotopic (exact) mass is 277 g/mol. The van der Waals surface area contributed by atoms with Crippen molar-refractivity contribution in [3.63, 3.8) is 0 Å². The molecule has 1 aromatic carbocycles. The lowest BCUT2D eigenvalue weighted by molar-refractivity contribution is 0.112. The fourth-order valence-electron chi connectivity index (χ4n) is 0.729. The average molecular weight is 279 g/mol. The summed E-state index contributed by atoms with van der Waals surface area (Å²) in [5, 5.41) is 0. The Balaban J connectivity index is 3.36. The third-order valence-electron chi connectivity index (χ3n) is 1.24. The molecular weight excluding hydrogens is 274 g/mol. The largest absolute Gasteiger partial charge is 0.398 e. The molecular formula is C7H5Br2NO. The first-order chi connectivity index (χ1) is 5.15. The van der Waals surface area contributed by atoms with Crippen molar-refractivity contribution in [1.82, 2.24) is 0 Å². The highest BCUT2D eigenvalue weighted by Gasteiger charge is 2.03. The molecule has 0 aromatic heterocycles. The van der Waals surface area contributed by atoms with Crippen LogP contribution in [0, 0.1) is 0 Å². The van der Waals surface area contributed by atoms with Crippen molar-refractivity contribution in [1.29, 1.82) is 0 Å². The molecule has 0 amide bonds. The predicted molar refractivity (Wildman–Crippen MR) is 51.6 cm³/mol. The van der Waals surface area contributed by atoms with Gasteiger partial charge >= 0.3 is 0 Å². The van der Waals surface area contributed by atoms with Gasteiger partial charge in [-0.25, -0.2) is 0 Å². The van der Waals surface area contributed by atoms with E-state index in [4.69, 9.17) is 5.73 Å². The van der Waals surface area contributed by atoms with Crippen LogP contribution in [-0.4, -0.2) is 6.29 Å². The third kappa shape index (κ3) is 1.81. The van der Waals surface area contributed by atoms with Gasteiger partial charge in [0.15, 0.2) is 6.29 Å². The van der Waals surface area contributed by atoms with Gasteiger partial charge in [-0.3, -0.25) is 4.79 Å². The van der Waals surface area contributed by atoms with Gasteiger partial charge in [-0.05, 0) is 28.1 Å². The van der Waals surface area contributed by atoms with Crippen molar-refractivity contribution in [2.45, 2.75) is 0 Å². The van der Waals surface area contributed by atoms with E-state index in [-0.39, 0.29) is 0 Å². The van der Waals surface area contributed by atoms with E-state index in [0.717, 1.165) is 10.8 Å². The van der Waals surface area contributed by atoms with Crippen molar-refractivity contribution >= 4 is 43.8 Å². The maximum Gasteiger partial charge on any atom is 0.153 e. The predicted octanol–water partition coefficient (Wildman–Crippen LogP) is 2.61. The second-order valence-electron chi connectivity index (χ2n) is 2.01. The van der Waals surface area contributed by atoms with Crippen LogP contribution in [0.1, 0.15) is 10.4 Å². The maximum atomic E-state index is 10.4. The summed E-state index contributed by atoms with van der Waals surface area (Å²) >= 11 is 6.47. The smallest absolute Gasteiger partial charge is 0.153 e. The lowest BCUT2D eigenvalue weighted by Crippen LogP contribution is -1.93. The SMILES string of the molecule is Nc1cc(Br)cc(Br)c1C=O. The number of nitrogens with two attached hydrogens (primary N) is 1. The van der Waals surface area contributed by atoms with Gasteiger partial charge in [0, 0.05) is 14.6 Å². The van der Waals surface area contributed by atoms with E-state index in [1.807, 2.05) is 0 Å². The molecule has 58 valence electrons. The van der Waals surface area contributed by atoms with Crippen molar-refractivity contribution in [2.24, 2.45) is 0 Å². The van der Waals surface area contributed by atoms with Crippen LogP contribution in [0.2, 0.25) is 0 Å². The number of benzene rings is 1. The number of carbonyl (C=O) groups excluding carboxylic acids is 1. The zero-order chi connectivity index (χ0) is 8.43. The van der Waals surface area contributed by atoms with Crippen LogP contribution >= 0.6 is 31.9 Å². The maximum absolute atomic E-state index is 10.4. The number of rotatable bonds is 1. The second kappa shape index (κ2) is 3.36. The molecule has 0 heterocycles. The fraction of sp³-hybridized carbons (Fsp3) is 0. The van der Waals surface area contributed by atoms with Crippen LogP contribution in [0.3, 0.4) is 0 Å². The summed E-state index contributed by atoms with van der Waals surface area (Å²) in [6.45, 7) is 0. The Morgan fingerprint density at radius 2 is 2.00 bits per heavy atom. The van der Waals surface area contributed by atoms with E-state index in [2.05, 4.69) is 31.9 Å². The molecule has 0 unspecified atom stereocenters. The first-order valence-electron chi connectivity index (χ1n) is 2.85. The molecule has 11 heavy (non-hydrogen) atoms. The molecule has 0 saturated heterocycles. The molecule has 2 N–H and O–H groups in total. The van der Waals surface area contributed by atoms with Crippen LogP contribution in [0.4, 0.5) is 5.69 Å². The summed E-state index contributed by atoms with van der Waals surface area (Å²) in [6, 6.07) is 3.47. The first kappa shape index (κ1) is 8.74. The molecule has 0 spiro atoms. The summed E-state index contributed by atoms with van der Waals surface area (Å²) < 4.78 is 1.56. The van der Waals surface area contributed by atoms with E-state index in [1.54, 1.807) is 12.1 Å². The molecule has 0 saturated carbocycles. The Morgan fingerprint density at radius 3 is 2.45 bits per heavy atom. The Bertz CT molecular complexity index is 275. The normalized spacial score (nSPS) is 9.64. The number of halogens is 2. The van der Waals surface area contributed by atoms with Crippen molar-refractivity contribution < 1.29 is 4.79 Å². The number of hydrogen-bond acceptors (Lipinski definition) is 2. The Morgan fingerprint density at radius 1 is 1.36 bits per heavy atom. The summed E-state index contributed by atoms with van der Waals surface area (Å²) in [4.78, 5) is 10.4. The standard InChI is InChI=1S/C7H5Br2NO/c8-4-1-6(9)5(3-11)7(10)2-4/h1-3H,10H2. The van der Waals surface area contributed by atoms with Gasteiger partial charge in [-0.15, -0.1) is 0 Å². The number of anilines is 1. The third-order valence-corrected chi connectivity index (χ3v) is 2.36. The van der Waals surface area contributed by atoms with E-state index in [0.29, 0.717) is 15.7 Å². The van der Waals surface area contributed by atoms with E-state index in [9.17, 15) is 4.79 Å². The molecule has 0 aliphatic carbocycles. The van der Waals surface area contributed by atoms with Crippen LogP contribution in [-0.2, 0) is 0 Å². The van der Waals surface area contributed by atoms with Gasteiger partial charge in [0.25, 0.3) is 0 Å². The first-order valence-corrected chi connectivity index (χ1v) is 4.43. The molecule has 1 aromatic rings. The quantitative estimate of drug-likeness (QED) is 0.634. The van der Waals surface area contributed by atoms with Crippen LogP contribution in [0.15, 0.2) is 21.1 Å². The summed E-state index contributed by atoms with van der Waals surface area (Å²) in [5.41, 5.74) is 6.51. The zero-order valence-corrected chi connectivity index (χ0v) is 8.65. The van der Waals surface area contributed by atoms with Gasteiger partial charge in [0.1, 0.15) is 0 Å². The molecule has 0 fully saturated rings. The Labute approximate surface area is 81.0 Å². The minimum absolute atomic E-state index is 0.473. The minimum atomic E-state index is 0.473. The molecule has 0 aliphatic rings. The Hall–Kier alpha value is -0.350. The average Bonchev–Trinajstić information content (AvgIpc) is 1.85. The number of nitrogen functional groups attached to an aromatic ring is 1. The molecule has 4 heteroatoms.